The van der Waals surface area contributed by atoms with Crippen LogP contribution in [-0.4, -0.2) is 35.7 Å². The molecule has 0 aromatic heterocycles. The van der Waals surface area contributed by atoms with E-state index in [-0.39, 0.29) is 0 Å². The Bertz CT molecular complexity index is 421. The molecule has 1 rings (SSSR count). The molecule has 2 atom stereocenters. The molecule has 0 bridgehead atoms. The van der Waals surface area contributed by atoms with Crippen molar-refractivity contribution in [2.45, 2.75) is 129 Å². The molecule has 0 aromatic rings. The van der Waals surface area contributed by atoms with Crippen molar-refractivity contribution in [2.75, 3.05) is 0 Å². The highest BCUT2D eigenvalue weighted by Crippen LogP contribution is 2.30. The van der Waals surface area contributed by atoms with Gasteiger partial charge in [-0.05, 0) is 64.2 Å². The molecule has 6 nitrogen and oxygen atoms in total. The molecule has 0 N–H and O–H groups in total. The zero-order valence-electron chi connectivity index (χ0n) is 18.7. The Labute approximate surface area is 170 Å². The van der Waals surface area contributed by atoms with Crippen molar-refractivity contribution < 1.29 is 28.5 Å². The lowest BCUT2D eigenvalue weighted by Crippen LogP contribution is -2.42. The fourth-order valence-electron chi connectivity index (χ4n) is 3.91. The maximum absolute atomic E-state index is 12.4. The predicted molar refractivity (Wildman–Crippen MR) is 108 cm³/mol. The zero-order chi connectivity index (χ0) is 21.2. The second-order valence-electron chi connectivity index (χ2n) is 7.79. The standard InChI is InChI=1S/C22H40O6/c1-7-21(8-2,9-3)27-19(23)25-17-15-13-14-16-18(17)26-20(24)28-22(10-4,11-5)12-6/h17-18H,7-16H2,1-6H3. The van der Waals surface area contributed by atoms with Gasteiger partial charge in [0, 0.05) is 0 Å². The highest BCUT2D eigenvalue weighted by molar-refractivity contribution is 5.62. The summed E-state index contributed by atoms with van der Waals surface area (Å²) in [5.41, 5.74) is -0.992. The smallest absolute Gasteiger partial charge is 0.428 e. The number of hydrogen-bond donors (Lipinski definition) is 0. The van der Waals surface area contributed by atoms with E-state index in [0.717, 1.165) is 51.4 Å². The molecule has 0 heterocycles. The van der Waals surface area contributed by atoms with Crippen LogP contribution in [0.25, 0.3) is 0 Å². The van der Waals surface area contributed by atoms with Crippen LogP contribution < -0.4 is 0 Å². The summed E-state index contributed by atoms with van der Waals surface area (Å²) in [5.74, 6) is 0. The lowest BCUT2D eigenvalue weighted by Gasteiger charge is -2.35. The maximum Gasteiger partial charge on any atom is 0.509 e. The molecule has 0 aromatic carbocycles. The Morgan fingerprint density at radius 2 is 0.929 bits per heavy atom. The monoisotopic (exact) mass is 400 g/mol. The minimum Gasteiger partial charge on any atom is -0.428 e. The van der Waals surface area contributed by atoms with Crippen LogP contribution in [0, 0.1) is 0 Å². The zero-order valence-corrected chi connectivity index (χ0v) is 18.7. The Balaban J connectivity index is 2.71. The van der Waals surface area contributed by atoms with E-state index >= 15 is 0 Å². The van der Waals surface area contributed by atoms with Crippen LogP contribution >= 0.6 is 0 Å². The van der Waals surface area contributed by atoms with Crippen LogP contribution in [0.3, 0.4) is 0 Å². The van der Waals surface area contributed by atoms with Gasteiger partial charge in [-0.15, -0.1) is 0 Å². The van der Waals surface area contributed by atoms with Crippen LogP contribution in [0.4, 0.5) is 9.59 Å². The van der Waals surface area contributed by atoms with E-state index in [1.807, 2.05) is 41.5 Å². The van der Waals surface area contributed by atoms with E-state index in [1.54, 1.807) is 0 Å². The topological polar surface area (TPSA) is 71.1 Å². The summed E-state index contributed by atoms with van der Waals surface area (Å²) in [4.78, 5) is 24.8. The summed E-state index contributed by atoms with van der Waals surface area (Å²) < 4.78 is 22.4. The van der Waals surface area contributed by atoms with Crippen molar-refractivity contribution in [2.24, 2.45) is 0 Å². The summed E-state index contributed by atoms with van der Waals surface area (Å²) in [6.07, 6.45) is 5.25. The SMILES string of the molecule is CCC(CC)(CC)OC(=O)OC1CCCCC1OC(=O)OC(CC)(CC)CC. The predicted octanol–water partition coefficient (Wildman–Crippen LogP) is 6.54. The van der Waals surface area contributed by atoms with Gasteiger partial charge in [0.2, 0.25) is 0 Å². The minimum atomic E-state index is -0.676. The molecular formula is C22H40O6. The molecule has 1 aliphatic rings. The van der Waals surface area contributed by atoms with Gasteiger partial charge in [-0.2, -0.15) is 0 Å². The Morgan fingerprint density at radius 3 is 1.18 bits per heavy atom. The van der Waals surface area contributed by atoms with Crippen molar-refractivity contribution in [1.29, 1.82) is 0 Å². The molecule has 0 spiro atoms. The van der Waals surface area contributed by atoms with E-state index in [2.05, 4.69) is 0 Å². The largest absolute Gasteiger partial charge is 0.509 e. The number of carbonyl (C=O) groups excluding carboxylic acids is 2. The van der Waals surface area contributed by atoms with Crippen LogP contribution in [-0.2, 0) is 18.9 Å². The molecule has 0 radical (unpaired) electrons. The van der Waals surface area contributed by atoms with Crippen LogP contribution in [0.15, 0.2) is 0 Å². The van der Waals surface area contributed by atoms with Gasteiger partial charge in [0.15, 0.2) is 0 Å². The maximum atomic E-state index is 12.4. The van der Waals surface area contributed by atoms with E-state index in [0.29, 0.717) is 12.8 Å². The third-order valence-electron chi connectivity index (χ3n) is 6.60. The second kappa shape index (κ2) is 11.5. The van der Waals surface area contributed by atoms with E-state index in [1.165, 1.54) is 0 Å². The number of carbonyl (C=O) groups is 2. The first-order chi connectivity index (χ1) is 13.3. The van der Waals surface area contributed by atoms with Gasteiger partial charge in [0.25, 0.3) is 0 Å². The van der Waals surface area contributed by atoms with Crippen molar-refractivity contribution in [3.63, 3.8) is 0 Å². The third-order valence-corrected chi connectivity index (χ3v) is 6.60. The fourth-order valence-corrected chi connectivity index (χ4v) is 3.91. The molecular weight excluding hydrogens is 360 g/mol. The van der Waals surface area contributed by atoms with Crippen molar-refractivity contribution >= 4 is 12.3 Å². The lowest BCUT2D eigenvalue weighted by atomic mass is 9.94. The van der Waals surface area contributed by atoms with Crippen molar-refractivity contribution in [3.05, 3.63) is 0 Å². The third kappa shape index (κ3) is 6.56. The van der Waals surface area contributed by atoms with E-state index in [9.17, 15) is 9.59 Å². The van der Waals surface area contributed by atoms with Gasteiger partial charge in [0.1, 0.15) is 23.4 Å². The summed E-state index contributed by atoms with van der Waals surface area (Å²) in [7, 11) is 0. The molecule has 0 amide bonds. The summed E-state index contributed by atoms with van der Waals surface area (Å²) in [5, 5.41) is 0. The van der Waals surface area contributed by atoms with Crippen LogP contribution in [0.5, 0.6) is 0 Å². The molecule has 2 unspecified atom stereocenters. The number of rotatable bonds is 10. The van der Waals surface area contributed by atoms with Crippen LogP contribution in [0.1, 0.15) is 106 Å². The Kier molecular flexibility index (Phi) is 10.1. The summed E-state index contributed by atoms with van der Waals surface area (Å²) in [6.45, 7) is 12.0. The Morgan fingerprint density at radius 1 is 0.643 bits per heavy atom. The highest BCUT2D eigenvalue weighted by Gasteiger charge is 2.37. The average Bonchev–Trinajstić information content (AvgIpc) is 2.72. The van der Waals surface area contributed by atoms with Gasteiger partial charge in [-0.25, -0.2) is 9.59 Å². The first-order valence-corrected chi connectivity index (χ1v) is 11.1. The summed E-state index contributed by atoms with van der Waals surface area (Å²) >= 11 is 0. The van der Waals surface area contributed by atoms with Gasteiger partial charge in [-0.1, -0.05) is 41.5 Å². The quantitative estimate of drug-likeness (QED) is 0.388. The van der Waals surface area contributed by atoms with Crippen LogP contribution in [0.2, 0.25) is 0 Å². The number of ether oxygens (including phenoxy) is 4. The average molecular weight is 401 g/mol. The lowest BCUT2D eigenvalue weighted by molar-refractivity contribution is -0.110. The molecule has 0 saturated heterocycles. The van der Waals surface area contributed by atoms with Gasteiger partial charge in [-0.3, -0.25) is 0 Å². The first kappa shape index (κ1) is 24.6. The van der Waals surface area contributed by atoms with Gasteiger partial charge in [0.05, 0.1) is 0 Å². The van der Waals surface area contributed by atoms with Crippen molar-refractivity contribution in [3.8, 4) is 0 Å². The fraction of sp³-hybridized carbons (Fsp3) is 0.909. The minimum absolute atomic E-state index is 0.489. The molecule has 164 valence electrons. The van der Waals surface area contributed by atoms with E-state index < -0.39 is 35.7 Å². The first-order valence-electron chi connectivity index (χ1n) is 11.1. The molecule has 1 aliphatic carbocycles. The van der Waals surface area contributed by atoms with Gasteiger partial charge >= 0.3 is 12.3 Å². The summed E-state index contributed by atoms with van der Waals surface area (Å²) in [6, 6.07) is 0. The number of hydrogen-bond acceptors (Lipinski definition) is 6. The Hall–Kier alpha value is -1.46. The normalized spacial score (nSPS) is 20.4. The molecule has 1 fully saturated rings. The molecule has 28 heavy (non-hydrogen) atoms. The highest BCUT2D eigenvalue weighted by atomic mass is 16.8. The molecule has 0 aliphatic heterocycles. The van der Waals surface area contributed by atoms with Crippen molar-refractivity contribution in [1.82, 2.24) is 0 Å². The van der Waals surface area contributed by atoms with E-state index in [4.69, 9.17) is 18.9 Å². The molecule has 6 heteroatoms. The van der Waals surface area contributed by atoms with Gasteiger partial charge < -0.3 is 18.9 Å². The second-order valence-corrected chi connectivity index (χ2v) is 7.79. The molecule has 1 saturated carbocycles.